The Hall–Kier alpha value is -1.67. The van der Waals surface area contributed by atoms with Crippen molar-refractivity contribution in [1.82, 2.24) is 10.3 Å². The fraction of sp³-hybridized carbons (Fsp3) is 0.312. The minimum absolute atomic E-state index is 0.360. The highest BCUT2D eigenvalue weighted by Gasteiger charge is 2.11. The fourth-order valence-electron chi connectivity index (χ4n) is 2.19. The van der Waals surface area contributed by atoms with Crippen molar-refractivity contribution in [2.75, 3.05) is 6.54 Å². The van der Waals surface area contributed by atoms with Gasteiger partial charge in [-0.05, 0) is 43.1 Å². The summed E-state index contributed by atoms with van der Waals surface area (Å²) in [6, 6.07) is 15.2. The number of aryl methyl sites for hydroxylation is 1. The molecule has 94 valence electrons. The van der Waals surface area contributed by atoms with Crippen LogP contribution < -0.4 is 5.32 Å². The fourth-order valence-corrected chi connectivity index (χ4v) is 2.19. The summed E-state index contributed by atoms with van der Waals surface area (Å²) in [5.41, 5.74) is 3.74. The largest absolute Gasteiger partial charge is 0.310 e. The minimum Gasteiger partial charge on any atom is -0.310 e. The molecule has 0 bridgehead atoms. The van der Waals surface area contributed by atoms with Crippen LogP contribution in [0.3, 0.4) is 0 Å². The molecule has 0 aliphatic rings. The molecule has 0 aliphatic carbocycles. The van der Waals surface area contributed by atoms with Crippen LogP contribution in [0.25, 0.3) is 0 Å². The van der Waals surface area contributed by atoms with Gasteiger partial charge in [0.05, 0.1) is 0 Å². The number of likely N-dealkylation sites (N-methyl/N-ethyl adjacent to an activating group) is 1. The molecule has 2 aromatic rings. The summed E-state index contributed by atoms with van der Waals surface area (Å²) >= 11 is 0. The summed E-state index contributed by atoms with van der Waals surface area (Å²) < 4.78 is 0. The molecule has 1 heterocycles. The highest BCUT2D eigenvalue weighted by molar-refractivity contribution is 5.24. The van der Waals surface area contributed by atoms with Gasteiger partial charge in [-0.1, -0.05) is 37.3 Å². The van der Waals surface area contributed by atoms with Gasteiger partial charge in [-0.25, -0.2) is 0 Å². The van der Waals surface area contributed by atoms with Crippen LogP contribution in [0.2, 0.25) is 0 Å². The van der Waals surface area contributed by atoms with Gasteiger partial charge in [0, 0.05) is 17.9 Å². The van der Waals surface area contributed by atoms with Crippen LogP contribution in [0, 0.1) is 6.92 Å². The zero-order valence-electron chi connectivity index (χ0n) is 11.1. The number of nitrogens with one attached hydrogen (secondary N) is 1. The third kappa shape index (κ3) is 3.41. The third-order valence-corrected chi connectivity index (χ3v) is 3.06. The van der Waals surface area contributed by atoms with Crippen LogP contribution in [0.4, 0.5) is 0 Å². The molecule has 1 aromatic heterocycles. The Morgan fingerprint density at radius 2 is 1.94 bits per heavy atom. The van der Waals surface area contributed by atoms with E-state index in [0.717, 1.165) is 18.7 Å². The number of benzene rings is 1. The van der Waals surface area contributed by atoms with Crippen LogP contribution >= 0.6 is 0 Å². The smallest absolute Gasteiger partial charge is 0.0375 e. The molecule has 1 atom stereocenters. The lowest BCUT2D eigenvalue weighted by molar-refractivity contribution is 0.549. The Kier molecular flexibility index (Phi) is 4.48. The third-order valence-electron chi connectivity index (χ3n) is 3.06. The van der Waals surface area contributed by atoms with Crippen molar-refractivity contribution < 1.29 is 0 Å². The van der Waals surface area contributed by atoms with E-state index in [1.54, 1.807) is 0 Å². The van der Waals surface area contributed by atoms with Crippen molar-refractivity contribution in [3.05, 3.63) is 65.5 Å². The van der Waals surface area contributed by atoms with Gasteiger partial charge in [-0.3, -0.25) is 4.98 Å². The SMILES string of the molecule is CCNC(Cc1ccccc1)c1ccnc(C)c1. The number of aromatic nitrogens is 1. The Labute approximate surface area is 109 Å². The zero-order chi connectivity index (χ0) is 12.8. The maximum absolute atomic E-state index is 4.26. The second-order valence-corrected chi connectivity index (χ2v) is 4.53. The maximum Gasteiger partial charge on any atom is 0.0375 e. The molecule has 0 spiro atoms. The van der Waals surface area contributed by atoms with Crippen molar-refractivity contribution in [2.45, 2.75) is 26.3 Å². The van der Waals surface area contributed by atoms with Crippen molar-refractivity contribution in [3.8, 4) is 0 Å². The van der Waals surface area contributed by atoms with Gasteiger partial charge >= 0.3 is 0 Å². The van der Waals surface area contributed by atoms with E-state index >= 15 is 0 Å². The lowest BCUT2D eigenvalue weighted by atomic mass is 9.99. The Morgan fingerprint density at radius 3 is 2.61 bits per heavy atom. The summed E-state index contributed by atoms with van der Waals surface area (Å²) in [5, 5.41) is 3.55. The Balaban J connectivity index is 2.18. The van der Waals surface area contributed by atoms with E-state index in [9.17, 15) is 0 Å². The predicted molar refractivity (Wildman–Crippen MR) is 75.5 cm³/mol. The van der Waals surface area contributed by atoms with E-state index in [1.165, 1.54) is 11.1 Å². The van der Waals surface area contributed by atoms with Crippen LogP contribution in [0.1, 0.15) is 29.8 Å². The Bertz CT molecular complexity index is 479. The first-order chi connectivity index (χ1) is 8.79. The second kappa shape index (κ2) is 6.31. The van der Waals surface area contributed by atoms with E-state index in [4.69, 9.17) is 0 Å². The topological polar surface area (TPSA) is 24.9 Å². The van der Waals surface area contributed by atoms with Crippen LogP contribution in [0.5, 0.6) is 0 Å². The van der Waals surface area contributed by atoms with Gasteiger partial charge in [-0.2, -0.15) is 0 Å². The first-order valence-corrected chi connectivity index (χ1v) is 6.49. The lowest BCUT2D eigenvalue weighted by Gasteiger charge is -2.18. The van der Waals surface area contributed by atoms with Gasteiger partial charge in [0.15, 0.2) is 0 Å². The number of hydrogen-bond acceptors (Lipinski definition) is 2. The monoisotopic (exact) mass is 240 g/mol. The lowest BCUT2D eigenvalue weighted by Crippen LogP contribution is -2.23. The van der Waals surface area contributed by atoms with E-state index in [2.05, 4.69) is 59.7 Å². The van der Waals surface area contributed by atoms with Gasteiger partial charge in [-0.15, -0.1) is 0 Å². The standard InChI is InChI=1S/C16H20N2/c1-3-17-16(12-14-7-5-4-6-8-14)15-9-10-18-13(2)11-15/h4-11,16-17H,3,12H2,1-2H3. The van der Waals surface area contributed by atoms with Gasteiger partial charge in [0.2, 0.25) is 0 Å². The van der Waals surface area contributed by atoms with Crippen molar-refractivity contribution in [1.29, 1.82) is 0 Å². The molecule has 0 saturated heterocycles. The molecule has 0 saturated carbocycles. The molecular formula is C16H20N2. The normalized spacial score (nSPS) is 12.3. The maximum atomic E-state index is 4.26. The van der Waals surface area contributed by atoms with Gasteiger partial charge in [0.1, 0.15) is 0 Å². The predicted octanol–water partition coefficient (Wildman–Crippen LogP) is 3.28. The minimum atomic E-state index is 0.360. The zero-order valence-corrected chi connectivity index (χ0v) is 11.1. The number of pyridine rings is 1. The molecule has 1 aromatic carbocycles. The Morgan fingerprint density at radius 1 is 1.17 bits per heavy atom. The summed E-state index contributed by atoms with van der Waals surface area (Å²) in [7, 11) is 0. The summed E-state index contributed by atoms with van der Waals surface area (Å²) in [5.74, 6) is 0. The molecule has 2 heteroatoms. The van der Waals surface area contributed by atoms with Crippen molar-refractivity contribution >= 4 is 0 Å². The van der Waals surface area contributed by atoms with Crippen LogP contribution in [-0.2, 0) is 6.42 Å². The van der Waals surface area contributed by atoms with Crippen molar-refractivity contribution in [3.63, 3.8) is 0 Å². The molecule has 0 aliphatic heterocycles. The molecule has 0 fully saturated rings. The molecule has 2 rings (SSSR count). The van der Waals surface area contributed by atoms with Crippen LogP contribution in [-0.4, -0.2) is 11.5 Å². The van der Waals surface area contributed by atoms with Gasteiger partial charge < -0.3 is 5.32 Å². The molecule has 0 amide bonds. The van der Waals surface area contributed by atoms with E-state index in [-0.39, 0.29) is 0 Å². The second-order valence-electron chi connectivity index (χ2n) is 4.53. The molecule has 18 heavy (non-hydrogen) atoms. The summed E-state index contributed by atoms with van der Waals surface area (Å²) in [6.07, 6.45) is 2.90. The quantitative estimate of drug-likeness (QED) is 0.867. The van der Waals surface area contributed by atoms with Crippen molar-refractivity contribution in [2.24, 2.45) is 0 Å². The van der Waals surface area contributed by atoms with Crippen LogP contribution in [0.15, 0.2) is 48.7 Å². The number of rotatable bonds is 5. The molecule has 0 radical (unpaired) electrons. The molecule has 1 unspecified atom stereocenters. The average Bonchev–Trinajstić information content (AvgIpc) is 2.39. The van der Waals surface area contributed by atoms with Gasteiger partial charge in [0.25, 0.3) is 0 Å². The molecule has 2 nitrogen and oxygen atoms in total. The van der Waals surface area contributed by atoms with E-state index in [0.29, 0.717) is 6.04 Å². The average molecular weight is 240 g/mol. The highest BCUT2D eigenvalue weighted by Crippen LogP contribution is 2.18. The first-order valence-electron chi connectivity index (χ1n) is 6.49. The molecular weight excluding hydrogens is 220 g/mol. The van der Waals surface area contributed by atoms with E-state index in [1.807, 2.05) is 13.1 Å². The molecule has 1 N–H and O–H groups in total. The first kappa shape index (κ1) is 12.8. The van der Waals surface area contributed by atoms with E-state index < -0.39 is 0 Å². The highest BCUT2D eigenvalue weighted by atomic mass is 14.9. The number of hydrogen-bond donors (Lipinski definition) is 1. The summed E-state index contributed by atoms with van der Waals surface area (Å²) in [4.78, 5) is 4.26. The number of nitrogens with zero attached hydrogens (tertiary/aromatic N) is 1. The summed E-state index contributed by atoms with van der Waals surface area (Å²) in [6.45, 7) is 5.15.